The zero-order valence-corrected chi connectivity index (χ0v) is 10.6. The van der Waals surface area contributed by atoms with Crippen molar-refractivity contribution in [3.05, 3.63) is 32.7 Å². The maximum atomic E-state index is 5.91. The molecule has 72 valence electrons. The highest BCUT2D eigenvalue weighted by molar-refractivity contribution is 14.1. The number of alkyl halides is 1. The van der Waals surface area contributed by atoms with Crippen molar-refractivity contribution in [2.45, 2.75) is 5.88 Å². The van der Waals surface area contributed by atoms with E-state index in [0.29, 0.717) is 11.0 Å². The van der Waals surface area contributed by atoms with Crippen LogP contribution in [0.1, 0.15) is 5.69 Å². The van der Waals surface area contributed by atoms with Crippen LogP contribution in [0.3, 0.4) is 0 Å². The van der Waals surface area contributed by atoms with Crippen molar-refractivity contribution < 1.29 is 0 Å². The van der Waals surface area contributed by atoms with E-state index in [1.54, 1.807) is 6.20 Å². The molecule has 5 heteroatoms. The van der Waals surface area contributed by atoms with Gasteiger partial charge in [0.2, 0.25) is 0 Å². The Balaban J connectivity index is 2.81. The van der Waals surface area contributed by atoms with Gasteiger partial charge in [-0.15, -0.1) is 11.6 Å². The summed E-state index contributed by atoms with van der Waals surface area (Å²) in [5.41, 5.74) is 1.67. The van der Waals surface area contributed by atoms with Gasteiger partial charge in [0.1, 0.15) is 5.15 Å². The number of hydrogen-bond donors (Lipinski definition) is 0. The summed E-state index contributed by atoms with van der Waals surface area (Å²) < 4.78 is 0.913. The second kappa shape index (κ2) is 4.16. The smallest absolute Gasteiger partial charge is 0.143 e. The number of rotatable bonds is 1. The molecule has 0 spiro atoms. The minimum Gasteiger partial charge on any atom is -0.259 e. The first-order valence-electron chi connectivity index (χ1n) is 3.88. The molecule has 0 aliphatic carbocycles. The van der Waals surface area contributed by atoms with Crippen LogP contribution in [0.4, 0.5) is 0 Å². The molecular weight excluding hydrogens is 334 g/mol. The maximum Gasteiger partial charge on any atom is 0.143 e. The van der Waals surface area contributed by atoms with Crippen molar-refractivity contribution in [3.63, 3.8) is 0 Å². The minimum absolute atomic E-state index is 0.386. The van der Waals surface area contributed by atoms with Crippen molar-refractivity contribution in [2.75, 3.05) is 0 Å². The van der Waals surface area contributed by atoms with Crippen LogP contribution in [0.2, 0.25) is 5.15 Å². The molecule has 0 saturated carbocycles. The van der Waals surface area contributed by atoms with E-state index in [9.17, 15) is 0 Å². The summed E-state index contributed by atoms with van der Waals surface area (Å²) in [6, 6.07) is 3.78. The molecule has 0 N–H and O–H groups in total. The van der Waals surface area contributed by atoms with E-state index in [-0.39, 0.29) is 0 Å². The molecule has 2 rings (SSSR count). The summed E-state index contributed by atoms with van der Waals surface area (Å²) in [5, 5.41) is 1.49. The quantitative estimate of drug-likeness (QED) is 0.451. The summed E-state index contributed by atoms with van der Waals surface area (Å²) in [6.07, 6.45) is 1.69. The highest BCUT2D eigenvalue weighted by atomic mass is 127. The van der Waals surface area contributed by atoms with Gasteiger partial charge >= 0.3 is 0 Å². The lowest BCUT2D eigenvalue weighted by Crippen LogP contribution is -1.91. The van der Waals surface area contributed by atoms with E-state index < -0.39 is 0 Å². The van der Waals surface area contributed by atoms with Gasteiger partial charge in [0.25, 0.3) is 0 Å². The Labute approximate surface area is 105 Å². The molecular formula is C9H5Cl2IN2. The molecule has 0 bridgehead atoms. The summed E-state index contributed by atoms with van der Waals surface area (Å²) >= 11 is 13.8. The molecule has 0 aromatic carbocycles. The van der Waals surface area contributed by atoms with Crippen LogP contribution in [0.15, 0.2) is 18.3 Å². The number of aromatic nitrogens is 2. The lowest BCUT2D eigenvalue weighted by Gasteiger charge is -2.03. The van der Waals surface area contributed by atoms with Crippen LogP contribution in [0, 0.1) is 3.57 Å². The number of halogens is 3. The van der Waals surface area contributed by atoms with Crippen molar-refractivity contribution >= 4 is 56.7 Å². The molecule has 14 heavy (non-hydrogen) atoms. The first kappa shape index (κ1) is 10.4. The van der Waals surface area contributed by atoms with Gasteiger partial charge in [-0.25, -0.2) is 4.98 Å². The molecule has 0 radical (unpaired) electrons. The molecule has 0 atom stereocenters. The predicted octanol–water partition coefficient (Wildman–Crippen LogP) is 3.63. The van der Waals surface area contributed by atoms with E-state index in [2.05, 4.69) is 32.6 Å². The highest BCUT2D eigenvalue weighted by Gasteiger charge is 2.06. The zero-order chi connectivity index (χ0) is 10.1. The second-order valence-corrected chi connectivity index (χ2v) is 4.51. The third kappa shape index (κ3) is 1.81. The molecule has 0 aliphatic heterocycles. The Kier molecular flexibility index (Phi) is 3.09. The van der Waals surface area contributed by atoms with Gasteiger partial charge < -0.3 is 0 Å². The van der Waals surface area contributed by atoms with Crippen molar-refractivity contribution in [3.8, 4) is 0 Å². The fourth-order valence-corrected chi connectivity index (χ4v) is 2.00. The normalized spacial score (nSPS) is 10.8. The van der Waals surface area contributed by atoms with Gasteiger partial charge in [-0.05, 0) is 34.7 Å². The molecule has 0 amide bonds. The SMILES string of the molecule is ClCc1nccc2nc(Cl)c(I)cc12. The van der Waals surface area contributed by atoms with Gasteiger partial charge in [-0.1, -0.05) is 11.6 Å². The van der Waals surface area contributed by atoms with Gasteiger partial charge in [0, 0.05) is 11.6 Å². The molecule has 0 unspecified atom stereocenters. The second-order valence-electron chi connectivity index (χ2n) is 2.72. The number of pyridine rings is 2. The van der Waals surface area contributed by atoms with Crippen molar-refractivity contribution in [2.24, 2.45) is 0 Å². The lowest BCUT2D eigenvalue weighted by molar-refractivity contribution is 1.19. The molecule has 2 nitrogen and oxygen atoms in total. The fraction of sp³-hybridized carbons (Fsp3) is 0.111. The van der Waals surface area contributed by atoms with Gasteiger partial charge in [-0.3, -0.25) is 4.98 Å². The highest BCUT2D eigenvalue weighted by Crippen LogP contribution is 2.23. The molecule has 2 aromatic rings. The van der Waals surface area contributed by atoms with Crippen molar-refractivity contribution in [1.29, 1.82) is 0 Å². The first-order valence-corrected chi connectivity index (χ1v) is 5.87. The third-order valence-electron chi connectivity index (χ3n) is 1.86. The van der Waals surface area contributed by atoms with Gasteiger partial charge in [0.05, 0.1) is 20.7 Å². The number of fused-ring (bicyclic) bond motifs is 1. The van der Waals surface area contributed by atoms with Crippen LogP contribution in [-0.4, -0.2) is 9.97 Å². The van der Waals surface area contributed by atoms with Crippen molar-refractivity contribution in [1.82, 2.24) is 9.97 Å². The van der Waals surface area contributed by atoms with Gasteiger partial charge in [-0.2, -0.15) is 0 Å². The van der Waals surface area contributed by atoms with Crippen LogP contribution >= 0.6 is 45.8 Å². The fourth-order valence-electron chi connectivity index (χ4n) is 1.21. The average molecular weight is 339 g/mol. The molecule has 2 aromatic heterocycles. The largest absolute Gasteiger partial charge is 0.259 e. The maximum absolute atomic E-state index is 5.91. The number of hydrogen-bond acceptors (Lipinski definition) is 2. The topological polar surface area (TPSA) is 25.8 Å². The Morgan fingerprint density at radius 2 is 2.21 bits per heavy atom. The standard InChI is InChI=1S/C9H5Cl2IN2/c10-4-8-5-3-6(12)9(11)14-7(5)1-2-13-8/h1-3H,4H2. The average Bonchev–Trinajstić information content (AvgIpc) is 2.19. The minimum atomic E-state index is 0.386. The third-order valence-corrected chi connectivity index (χ3v) is 3.55. The molecule has 0 aliphatic rings. The molecule has 0 fully saturated rings. The Bertz CT molecular complexity index is 487. The Morgan fingerprint density at radius 1 is 1.43 bits per heavy atom. The molecule has 0 saturated heterocycles. The van der Waals surface area contributed by atoms with E-state index in [1.165, 1.54) is 0 Å². The van der Waals surface area contributed by atoms with Gasteiger partial charge in [0.15, 0.2) is 0 Å². The zero-order valence-electron chi connectivity index (χ0n) is 6.97. The summed E-state index contributed by atoms with van der Waals surface area (Å²) in [6.45, 7) is 0. The first-order chi connectivity index (χ1) is 6.72. The Morgan fingerprint density at radius 3 is 2.93 bits per heavy atom. The summed E-state index contributed by atoms with van der Waals surface area (Å²) in [7, 11) is 0. The monoisotopic (exact) mass is 338 g/mol. The van der Waals surface area contributed by atoms with Crippen LogP contribution in [-0.2, 0) is 5.88 Å². The summed E-state index contributed by atoms with van der Waals surface area (Å²) in [4.78, 5) is 8.42. The number of nitrogens with zero attached hydrogens (tertiary/aromatic N) is 2. The van der Waals surface area contributed by atoms with E-state index in [4.69, 9.17) is 23.2 Å². The van der Waals surface area contributed by atoms with Crippen LogP contribution < -0.4 is 0 Å². The van der Waals surface area contributed by atoms with Crippen LogP contribution in [0.25, 0.3) is 10.9 Å². The lowest BCUT2D eigenvalue weighted by atomic mass is 10.2. The van der Waals surface area contributed by atoms with Crippen LogP contribution in [0.5, 0.6) is 0 Å². The molecule has 2 heterocycles. The predicted molar refractivity (Wildman–Crippen MR) is 66.8 cm³/mol. The van der Waals surface area contributed by atoms with E-state index in [0.717, 1.165) is 20.2 Å². The van der Waals surface area contributed by atoms with E-state index in [1.807, 2.05) is 12.1 Å². The Hall–Kier alpha value is -0.130. The van der Waals surface area contributed by atoms with E-state index >= 15 is 0 Å². The summed E-state index contributed by atoms with van der Waals surface area (Å²) in [5.74, 6) is 0.386.